The second-order valence-corrected chi connectivity index (χ2v) is 3.54. The topological polar surface area (TPSA) is 35.2 Å². The van der Waals surface area contributed by atoms with Gasteiger partial charge in [0.05, 0.1) is 6.61 Å². The van der Waals surface area contributed by atoms with Crippen LogP contribution in [0, 0.1) is 5.92 Å². The van der Waals surface area contributed by atoms with Crippen molar-refractivity contribution in [1.82, 2.24) is 0 Å². The quantitative estimate of drug-likeness (QED) is 0.597. The van der Waals surface area contributed by atoms with Crippen molar-refractivity contribution < 1.29 is 4.74 Å². The van der Waals surface area contributed by atoms with E-state index in [0.717, 1.165) is 26.1 Å². The minimum atomic E-state index is -0.0434. The molecule has 1 saturated heterocycles. The van der Waals surface area contributed by atoms with Crippen molar-refractivity contribution in [2.75, 3.05) is 13.2 Å². The van der Waals surface area contributed by atoms with Crippen LogP contribution in [0.1, 0.15) is 26.7 Å². The first kappa shape index (κ1) is 8.02. The summed E-state index contributed by atoms with van der Waals surface area (Å²) in [6.07, 6.45) is 2.24. The molecule has 1 unspecified atom stereocenters. The maximum Gasteiger partial charge on any atom is 0.0648 e. The predicted octanol–water partition coefficient (Wildman–Crippen LogP) is 1.15. The number of hydrogen-bond acceptors (Lipinski definition) is 2. The fraction of sp³-hybridized carbons (Fsp3) is 1.00. The Balaban J connectivity index is 2.48. The summed E-state index contributed by atoms with van der Waals surface area (Å²) in [6.45, 7) is 5.96. The first-order valence-electron chi connectivity index (χ1n) is 4.02. The third-order valence-electron chi connectivity index (χ3n) is 2.45. The summed E-state index contributed by atoms with van der Waals surface area (Å²) in [5.41, 5.74) is 6.03. The Morgan fingerprint density at radius 1 is 1.50 bits per heavy atom. The van der Waals surface area contributed by atoms with E-state index in [9.17, 15) is 0 Å². The van der Waals surface area contributed by atoms with Crippen LogP contribution in [0.4, 0.5) is 0 Å². The molecule has 1 aliphatic rings. The first-order chi connectivity index (χ1) is 4.65. The number of rotatable bonds is 1. The SMILES string of the molecule is CC(C)C1(N)CCCOC1. The van der Waals surface area contributed by atoms with Crippen LogP contribution in [-0.4, -0.2) is 18.8 Å². The maximum atomic E-state index is 6.08. The minimum absolute atomic E-state index is 0.0434. The molecular formula is C8H17NO. The van der Waals surface area contributed by atoms with Crippen LogP contribution in [0.3, 0.4) is 0 Å². The lowest BCUT2D eigenvalue weighted by molar-refractivity contribution is 0.0182. The molecule has 0 spiro atoms. The summed E-state index contributed by atoms with van der Waals surface area (Å²) < 4.78 is 5.32. The Kier molecular flexibility index (Phi) is 2.32. The lowest BCUT2D eigenvalue weighted by atomic mass is 9.83. The fourth-order valence-electron chi connectivity index (χ4n) is 1.29. The summed E-state index contributed by atoms with van der Waals surface area (Å²) in [4.78, 5) is 0. The molecule has 1 heterocycles. The van der Waals surface area contributed by atoms with Crippen LogP contribution < -0.4 is 5.73 Å². The molecule has 0 saturated carbocycles. The summed E-state index contributed by atoms with van der Waals surface area (Å²) in [5.74, 6) is 0.535. The van der Waals surface area contributed by atoms with Crippen LogP contribution in [0.2, 0.25) is 0 Å². The van der Waals surface area contributed by atoms with Crippen molar-refractivity contribution in [3.63, 3.8) is 0 Å². The lowest BCUT2D eigenvalue weighted by Crippen LogP contribution is -2.51. The molecule has 10 heavy (non-hydrogen) atoms. The van der Waals surface area contributed by atoms with Gasteiger partial charge in [0.15, 0.2) is 0 Å². The van der Waals surface area contributed by atoms with Crippen LogP contribution in [-0.2, 0) is 4.74 Å². The highest BCUT2D eigenvalue weighted by atomic mass is 16.5. The number of ether oxygens (including phenoxy) is 1. The predicted molar refractivity (Wildman–Crippen MR) is 41.8 cm³/mol. The number of hydrogen-bond donors (Lipinski definition) is 1. The first-order valence-corrected chi connectivity index (χ1v) is 4.02. The van der Waals surface area contributed by atoms with Gasteiger partial charge in [0.2, 0.25) is 0 Å². The zero-order valence-electron chi connectivity index (χ0n) is 6.89. The van der Waals surface area contributed by atoms with Gasteiger partial charge in [0.25, 0.3) is 0 Å². The monoisotopic (exact) mass is 143 g/mol. The molecular weight excluding hydrogens is 126 g/mol. The molecule has 0 bridgehead atoms. The Hall–Kier alpha value is -0.0800. The Morgan fingerprint density at radius 2 is 2.20 bits per heavy atom. The average Bonchev–Trinajstić information content (AvgIpc) is 1.89. The standard InChI is InChI=1S/C8H17NO/c1-7(2)8(9)4-3-5-10-6-8/h7H,3-6,9H2,1-2H3. The Morgan fingerprint density at radius 3 is 2.50 bits per heavy atom. The molecule has 1 atom stereocenters. The third kappa shape index (κ3) is 1.50. The molecule has 1 aliphatic heterocycles. The summed E-state index contributed by atoms with van der Waals surface area (Å²) >= 11 is 0. The molecule has 0 aromatic carbocycles. The molecule has 2 heteroatoms. The van der Waals surface area contributed by atoms with Gasteiger partial charge in [-0.15, -0.1) is 0 Å². The summed E-state index contributed by atoms with van der Waals surface area (Å²) in [5, 5.41) is 0. The second kappa shape index (κ2) is 2.89. The zero-order chi connectivity index (χ0) is 7.61. The Bertz CT molecular complexity index is 106. The molecule has 0 aliphatic carbocycles. The van der Waals surface area contributed by atoms with Gasteiger partial charge in [0.1, 0.15) is 0 Å². The highest BCUT2D eigenvalue weighted by molar-refractivity contribution is 4.88. The van der Waals surface area contributed by atoms with E-state index in [1.807, 2.05) is 0 Å². The molecule has 0 aromatic heterocycles. The van der Waals surface area contributed by atoms with Gasteiger partial charge < -0.3 is 10.5 Å². The molecule has 1 fully saturated rings. The van der Waals surface area contributed by atoms with E-state index in [-0.39, 0.29) is 5.54 Å². The van der Waals surface area contributed by atoms with Crippen LogP contribution in [0.15, 0.2) is 0 Å². The van der Waals surface area contributed by atoms with Gasteiger partial charge in [-0.3, -0.25) is 0 Å². The van der Waals surface area contributed by atoms with Crippen LogP contribution in [0.25, 0.3) is 0 Å². The minimum Gasteiger partial charge on any atom is -0.380 e. The summed E-state index contributed by atoms with van der Waals surface area (Å²) in [6, 6.07) is 0. The molecule has 1 rings (SSSR count). The second-order valence-electron chi connectivity index (χ2n) is 3.54. The van der Waals surface area contributed by atoms with Gasteiger partial charge in [-0.25, -0.2) is 0 Å². The van der Waals surface area contributed by atoms with Crippen molar-refractivity contribution in [2.45, 2.75) is 32.2 Å². The van der Waals surface area contributed by atoms with E-state index in [4.69, 9.17) is 10.5 Å². The average molecular weight is 143 g/mol. The van der Waals surface area contributed by atoms with Crippen LogP contribution >= 0.6 is 0 Å². The van der Waals surface area contributed by atoms with Crippen molar-refractivity contribution in [1.29, 1.82) is 0 Å². The Labute approximate surface area is 62.7 Å². The molecule has 60 valence electrons. The smallest absolute Gasteiger partial charge is 0.0648 e. The van der Waals surface area contributed by atoms with E-state index < -0.39 is 0 Å². The summed E-state index contributed by atoms with van der Waals surface area (Å²) in [7, 11) is 0. The fourth-order valence-corrected chi connectivity index (χ4v) is 1.29. The van der Waals surface area contributed by atoms with E-state index in [0.29, 0.717) is 5.92 Å². The molecule has 0 radical (unpaired) electrons. The third-order valence-corrected chi connectivity index (χ3v) is 2.45. The van der Waals surface area contributed by atoms with Gasteiger partial charge in [-0.05, 0) is 18.8 Å². The highest BCUT2D eigenvalue weighted by Crippen LogP contribution is 2.23. The molecule has 2 nitrogen and oxygen atoms in total. The molecule has 0 amide bonds. The normalized spacial score (nSPS) is 34.8. The van der Waals surface area contributed by atoms with Gasteiger partial charge in [-0.1, -0.05) is 13.8 Å². The van der Waals surface area contributed by atoms with Gasteiger partial charge in [-0.2, -0.15) is 0 Å². The van der Waals surface area contributed by atoms with Crippen molar-refractivity contribution >= 4 is 0 Å². The van der Waals surface area contributed by atoms with E-state index in [1.54, 1.807) is 0 Å². The number of nitrogens with two attached hydrogens (primary N) is 1. The van der Waals surface area contributed by atoms with Gasteiger partial charge in [0, 0.05) is 12.1 Å². The largest absolute Gasteiger partial charge is 0.380 e. The zero-order valence-corrected chi connectivity index (χ0v) is 6.89. The van der Waals surface area contributed by atoms with Crippen molar-refractivity contribution in [3.8, 4) is 0 Å². The maximum absolute atomic E-state index is 6.08. The van der Waals surface area contributed by atoms with E-state index in [2.05, 4.69) is 13.8 Å². The highest BCUT2D eigenvalue weighted by Gasteiger charge is 2.31. The molecule has 2 N–H and O–H groups in total. The lowest BCUT2D eigenvalue weighted by Gasteiger charge is -2.36. The van der Waals surface area contributed by atoms with E-state index in [1.165, 1.54) is 0 Å². The van der Waals surface area contributed by atoms with Crippen molar-refractivity contribution in [3.05, 3.63) is 0 Å². The van der Waals surface area contributed by atoms with Crippen LogP contribution in [0.5, 0.6) is 0 Å². The molecule has 0 aromatic rings. The van der Waals surface area contributed by atoms with Gasteiger partial charge >= 0.3 is 0 Å². The van der Waals surface area contributed by atoms with Crippen molar-refractivity contribution in [2.24, 2.45) is 11.7 Å². The van der Waals surface area contributed by atoms with E-state index >= 15 is 0 Å².